The molecule has 1 aliphatic rings. The van der Waals surface area contributed by atoms with Gasteiger partial charge in [-0.2, -0.15) is 13.2 Å². The van der Waals surface area contributed by atoms with Crippen LogP contribution in [0.25, 0.3) is 0 Å². The summed E-state index contributed by atoms with van der Waals surface area (Å²) in [5.41, 5.74) is -0.000280. The minimum Gasteiger partial charge on any atom is -0.365 e. The average molecular weight is 330 g/mol. The summed E-state index contributed by atoms with van der Waals surface area (Å²) in [6, 6.07) is 4.84. The lowest BCUT2D eigenvalue weighted by Gasteiger charge is -2.22. The first-order valence-corrected chi connectivity index (χ1v) is 6.89. The van der Waals surface area contributed by atoms with Crippen molar-refractivity contribution in [3.05, 3.63) is 42.4 Å². The van der Waals surface area contributed by atoms with E-state index in [-0.39, 0.29) is 5.69 Å². The molecule has 4 nitrogen and oxygen atoms in total. The van der Waals surface area contributed by atoms with Gasteiger partial charge in [0.1, 0.15) is 11.9 Å². The molecule has 1 aliphatic heterocycles. The van der Waals surface area contributed by atoms with Crippen molar-refractivity contribution in [3.8, 4) is 0 Å². The lowest BCUT2D eigenvalue weighted by Crippen LogP contribution is -2.37. The van der Waals surface area contributed by atoms with E-state index in [1.54, 1.807) is 6.07 Å². The molecule has 1 unspecified atom stereocenters. The molecule has 124 valence electrons. The third-order valence-electron chi connectivity index (χ3n) is 3.43. The van der Waals surface area contributed by atoms with Crippen LogP contribution in [-0.4, -0.2) is 35.4 Å². The number of ketones is 1. The van der Waals surface area contributed by atoms with Crippen LogP contribution in [0.4, 0.5) is 23.2 Å². The summed E-state index contributed by atoms with van der Waals surface area (Å²) in [6.45, 7) is 0.344. The van der Waals surface area contributed by atoms with Gasteiger partial charge in [-0.05, 0) is 25.0 Å². The fraction of sp³-hybridized carbons (Fsp3) is 0.333. The highest BCUT2D eigenvalue weighted by molar-refractivity contribution is 5.96. The molecule has 1 amide bonds. The Kier molecular flexibility index (Phi) is 5.02. The van der Waals surface area contributed by atoms with Crippen LogP contribution in [-0.2, 0) is 9.59 Å². The van der Waals surface area contributed by atoms with Crippen LogP contribution in [0.15, 0.2) is 36.5 Å². The molecule has 1 N–H and O–H groups in total. The standard InChI is InChI=1S/C15H14F4N2O2/c16-10-4-1-2-5-11(10)20-14(23)12-6-3-8-21(12)9-7-13(22)15(17,18)19/h1-2,4-5,7,9,12H,3,6,8H2,(H,20,23)/b9-7+. The third-order valence-corrected chi connectivity index (χ3v) is 3.43. The predicted octanol–water partition coefficient (Wildman–Crippen LogP) is 2.87. The maximum atomic E-state index is 13.5. The van der Waals surface area contributed by atoms with Crippen molar-refractivity contribution < 1.29 is 27.2 Å². The number of nitrogens with zero attached hydrogens (tertiary/aromatic N) is 1. The molecule has 23 heavy (non-hydrogen) atoms. The summed E-state index contributed by atoms with van der Waals surface area (Å²) in [5.74, 6) is -3.12. The van der Waals surface area contributed by atoms with E-state index in [2.05, 4.69) is 5.32 Å². The average Bonchev–Trinajstić information content (AvgIpc) is 2.94. The number of hydrogen-bond donors (Lipinski definition) is 1. The molecule has 0 aliphatic carbocycles. The number of anilines is 1. The molecule has 1 saturated heterocycles. The Morgan fingerprint density at radius 3 is 2.61 bits per heavy atom. The Morgan fingerprint density at radius 2 is 1.96 bits per heavy atom. The molecule has 1 aromatic carbocycles. The molecule has 1 aromatic rings. The molecule has 1 atom stereocenters. The van der Waals surface area contributed by atoms with Crippen LogP contribution in [0.5, 0.6) is 0 Å². The van der Waals surface area contributed by atoms with E-state index in [0.29, 0.717) is 25.5 Å². The Hall–Kier alpha value is -2.38. The minimum atomic E-state index is -4.94. The number of allylic oxidation sites excluding steroid dienone is 1. The Labute approximate surface area is 129 Å². The Morgan fingerprint density at radius 1 is 1.26 bits per heavy atom. The zero-order chi connectivity index (χ0) is 17.0. The SMILES string of the molecule is O=C(Nc1ccccc1F)C1CCCN1/C=C/C(=O)C(F)(F)F. The van der Waals surface area contributed by atoms with E-state index in [4.69, 9.17) is 0 Å². The molecule has 0 spiro atoms. The highest BCUT2D eigenvalue weighted by atomic mass is 19.4. The molecule has 1 fully saturated rings. The second kappa shape index (κ2) is 6.80. The first-order valence-electron chi connectivity index (χ1n) is 6.89. The fourth-order valence-electron chi connectivity index (χ4n) is 2.29. The maximum Gasteiger partial charge on any atom is 0.454 e. The van der Waals surface area contributed by atoms with Crippen LogP contribution in [0.2, 0.25) is 0 Å². The number of alkyl halides is 3. The Balaban J connectivity index is 2.04. The predicted molar refractivity (Wildman–Crippen MR) is 75.0 cm³/mol. The van der Waals surface area contributed by atoms with Crippen LogP contribution >= 0.6 is 0 Å². The van der Waals surface area contributed by atoms with E-state index in [1.807, 2.05) is 0 Å². The normalized spacial score (nSPS) is 18.4. The molecule has 0 radical (unpaired) electrons. The smallest absolute Gasteiger partial charge is 0.365 e. The van der Waals surface area contributed by atoms with E-state index in [1.165, 1.54) is 23.1 Å². The highest BCUT2D eigenvalue weighted by Crippen LogP contribution is 2.22. The van der Waals surface area contributed by atoms with Gasteiger partial charge in [0.2, 0.25) is 5.91 Å². The minimum absolute atomic E-state index is 0.000280. The van der Waals surface area contributed by atoms with Gasteiger partial charge in [0, 0.05) is 18.8 Å². The van der Waals surface area contributed by atoms with Crippen molar-refractivity contribution in [1.29, 1.82) is 0 Å². The van der Waals surface area contributed by atoms with Gasteiger partial charge < -0.3 is 10.2 Å². The van der Waals surface area contributed by atoms with Gasteiger partial charge in [0.25, 0.3) is 5.78 Å². The molecule has 1 heterocycles. The zero-order valence-corrected chi connectivity index (χ0v) is 11.9. The van der Waals surface area contributed by atoms with Gasteiger partial charge in [0.05, 0.1) is 5.69 Å². The number of halogens is 4. The summed E-state index contributed by atoms with van der Waals surface area (Å²) >= 11 is 0. The van der Waals surface area contributed by atoms with Crippen LogP contribution in [0, 0.1) is 5.82 Å². The van der Waals surface area contributed by atoms with E-state index in [0.717, 1.165) is 6.20 Å². The quantitative estimate of drug-likeness (QED) is 0.682. The molecule has 0 bridgehead atoms. The van der Waals surface area contributed by atoms with Gasteiger partial charge in [-0.1, -0.05) is 12.1 Å². The van der Waals surface area contributed by atoms with E-state index < -0.39 is 29.7 Å². The lowest BCUT2D eigenvalue weighted by atomic mass is 10.2. The number of likely N-dealkylation sites (tertiary alicyclic amines) is 1. The van der Waals surface area contributed by atoms with E-state index in [9.17, 15) is 27.2 Å². The molecule has 8 heteroatoms. The number of benzene rings is 1. The van der Waals surface area contributed by atoms with Gasteiger partial charge in [-0.3, -0.25) is 9.59 Å². The number of amides is 1. The molecule has 0 aromatic heterocycles. The van der Waals surface area contributed by atoms with E-state index >= 15 is 0 Å². The summed E-state index contributed by atoms with van der Waals surface area (Å²) in [5, 5.41) is 2.40. The first kappa shape index (κ1) is 17.0. The largest absolute Gasteiger partial charge is 0.454 e. The number of nitrogens with one attached hydrogen (secondary N) is 1. The third kappa shape index (κ3) is 4.30. The van der Waals surface area contributed by atoms with Crippen LogP contribution in [0.1, 0.15) is 12.8 Å². The second-order valence-corrected chi connectivity index (χ2v) is 5.04. The van der Waals surface area contributed by atoms with Crippen molar-refractivity contribution in [2.45, 2.75) is 25.1 Å². The van der Waals surface area contributed by atoms with Gasteiger partial charge in [-0.25, -0.2) is 4.39 Å². The van der Waals surface area contributed by atoms with Crippen molar-refractivity contribution in [1.82, 2.24) is 4.90 Å². The van der Waals surface area contributed by atoms with Crippen molar-refractivity contribution in [2.75, 3.05) is 11.9 Å². The first-order chi connectivity index (χ1) is 10.8. The number of carbonyl (C=O) groups excluding carboxylic acids is 2. The number of carbonyl (C=O) groups is 2. The van der Waals surface area contributed by atoms with Crippen molar-refractivity contribution >= 4 is 17.4 Å². The summed E-state index contributed by atoms with van der Waals surface area (Å²) in [6.07, 6.45) is -2.59. The molecule has 0 saturated carbocycles. The highest BCUT2D eigenvalue weighted by Gasteiger charge is 2.37. The van der Waals surface area contributed by atoms with Gasteiger partial charge in [-0.15, -0.1) is 0 Å². The lowest BCUT2D eigenvalue weighted by molar-refractivity contribution is -0.165. The molecular formula is C15H14F4N2O2. The maximum absolute atomic E-state index is 13.5. The van der Waals surface area contributed by atoms with Crippen molar-refractivity contribution in [3.63, 3.8) is 0 Å². The topological polar surface area (TPSA) is 49.4 Å². The number of para-hydroxylation sites is 1. The molecular weight excluding hydrogens is 316 g/mol. The Bertz CT molecular complexity index is 628. The number of hydrogen-bond acceptors (Lipinski definition) is 3. The fourth-order valence-corrected chi connectivity index (χ4v) is 2.29. The van der Waals surface area contributed by atoms with Gasteiger partial charge in [0.15, 0.2) is 0 Å². The zero-order valence-electron chi connectivity index (χ0n) is 11.9. The van der Waals surface area contributed by atoms with Crippen LogP contribution in [0.3, 0.4) is 0 Å². The summed E-state index contributed by atoms with van der Waals surface area (Å²) in [7, 11) is 0. The summed E-state index contributed by atoms with van der Waals surface area (Å²) < 4.78 is 50.0. The summed E-state index contributed by atoms with van der Waals surface area (Å²) in [4.78, 5) is 24.4. The van der Waals surface area contributed by atoms with Crippen molar-refractivity contribution in [2.24, 2.45) is 0 Å². The van der Waals surface area contributed by atoms with Crippen LogP contribution < -0.4 is 5.32 Å². The molecule has 2 rings (SSSR count). The van der Waals surface area contributed by atoms with Gasteiger partial charge >= 0.3 is 6.18 Å². The monoisotopic (exact) mass is 330 g/mol. The second-order valence-electron chi connectivity index (χ2n) is 5.04. The number of rotatable bonds is 4.